The summed E-state index contributed by atoms with van der Waals surface area (Å²) in [5.41, 5.74) is 10.2. The van der Waals surface area contributed by atoms with Crippen LogP contribution in [0.15, 0.2) is 88.6 Å². The number of nitrogens with one attached hydrogen (secondary N) is 2. The zero-order chi connectivity index (χ0) is 40.3. The molecule has 2 saturated carbocycles. The van der Waals surface area contributed by atoms with Crippen molar-refractivity contribution < 1.29 is 35.1 Å². The molecular formula is C45H63N3O7. The second-order valence-corrected chi connectivity index (χ2v) is 16.8. The maximum absolute atomic E-state index is 14.4. The van der Waals surface area contributed by atoms with Gasteiger partial charge in [0.2, 0.25) is 5.91 Å². The Morgan fingerprint density at radius 1 is 1.18 bits per heavy atom. The Kier molecular flexibility index (Phi) is 13.5. The summed E-state index contributed by atoms with van der Waals surface area (Å²) in [7, 11) is 0. The topological polar surface area (TPSA) is 185 Å². The molecule has 5 rings (SSSR count). The Morgan fingerprint density at radius 2 is 1.93 bits per heavy atom. The summed E-state index contributed by atoms with van der Waals surface area (Å²) in [5, 5.41) is 61.9. The molecule has 0 aromatic heterocycles. The third kappa shape index (κ3) is 8.33. The average molecular weight is 758 g/mol. The first-order valence-electron chi connectivity index (χ1n) is 19.9. The van der Waals surface area contributed by atoms with Crippen molar-refractivity contribution in [3.8, 4) is 0 Å². The number of hydrogen-bond acceptors (Lipinski definition) is 9. The molecule has 8 atom stereocenters. The number of ketones is 1. The zero-order valence-corrected chi connectivity index (χ0v) is 33.3. The van der Waals surface area contributed by atoms with Crippen LogP contribution in [0.1, 0.15) is 115 Å². The maximum atomic E-state index is 14.4. The van der Waals surface area contributed by atoms with Crippen LogP contribution in [0, 0.1) is 16.7 Å². The molecule has 55 heavy (non-hydrogen) atoms. The fraction of sp³-hybridized carbons (Fsp3) is 0.556. The predicted molar refractivity (Wildman–Crippen MR) is 215 cm³/mol. The molecule has 1 heterocycles. The summed E-state index contributed by atoms with van der Waals surface area (Å²) >= 11 is 0. The van der Waals surface area contributed by atoms with E-state index in [1.807, 2.05) is 49.4 Å². The third-order valence-corrected chi connectivity index (χ3v) is 12.9. The van der Waals surface area contributed by atoms with Crippen molar-refractivity contribution in [3.05, 3.63) is 105 Å². The first kappa shape index (κ1) is 42.7. The molecule has 0 radical (unpaired) electrons. The van der Waals surface area contributed by atoms with E-state index in [1.165, 1.54) is 5.57 Å². The van der Waals surface area contributed by atoms with Gasteiger partial charge in [-0.25, -0.2) is 0 Å². The number of fused-ring (bicyclic) bond motifs is 1. The van der Waals surface area contributed by atoms with Gasteiger partial charge in [-0.15, -0.1) is 0 Å². The zero-order valence-electron chi connectivity index (χ0n) is 33.3. The van der Waals surface area contributed by atoms with Crippen LogP contribution in [0.2, 0.25) is 0 Å². The Balaban J connectivity index is 1.51. The second-order valence-electron chi connectivity index (χ2n) is 16.8. The van der Waals surface area contributed by atoms with Gasteiger partial charge in [0.1, 0.15) is 12.2 Å². The summed E-state index contributed by atoms with van der Waals surface area (Å²) < 4.78 is 0. The Morgan fingerprint density at radius 3 is 2.60 bits per heavy atom. The van der Waals surface area contributed by atoms with Crippen LogP contribution < -0.4 is 16.4 Å². The number of benzene rings is 1. The number of aliphatic hydroxyl groups excluding tert-OH is 4. The van der Waals surface area contributed by atoms with Crippen LogP contribution in [0.3, 0.4) is 0 Å². The number of nitrogens with two attached hydrogens (primary N) is 1. The van der Waals surface area contributed by atoms with E-state index in [1.54, 1.807) is 13.8 Å². The first-order valence-corrected chi connectivity index (χ1v) is 19.9. The molecule has 1 aliphatic heterocycles. The second kappa shape index (κ2) is 17.3. The van der Waals surface area contributed by atoms with Crippen molar-refractivity contribution in [2.24, 2.45) is 22.5 Å². The van der Waals surface area contributed by atoms with Gasteiger partial charge in [-0.05, 0) is 125 Å². The van der Waals surface area contributed by atoms with E-state index in [-0.39, 0.29) is 37.9 Å². The van der Waals surface area contributed by atoms with Gasteiger partial charge in [0.15, 0.2) is 5.78 Å². The lowest BCUT2D eigenvalue weighted by atomic mass is 9.51. The minimum atomic E-state index is -1.31. The van der Waals surface area contributed by atoms with E-state index >= 15 is 0 Å². The van der Waals surface area contributed by atoms with E-state index in [0.717, 1.165) is 29.6 Å². The van der Waals surface area contributed by atoms with Gasteiger partial charge in [0.05, 0.1) is 24.4 Å². The fourth-order valence-electron chi connectivity index (χ4n) is 9.93. The fourth-order valence-corrected chi connectivity index (χ4v) is 9.93. The molecular weight excluding hydrogens is 695 g/mol. The van der Waals surface area contributed by atoms with Crippen molar-refractivity contribution in [2.75, 3.05) is 19.8 Å². The van der Waals surface area contributed by atoms with E-state index in [2.05, 4.69) is 37.1 Å². The normalized spacial score (nSPS) is 32.3. The number of carbonyl (C=O) groups is 2. The van der Waals surface area contributed by atoms with E-state index < -0.39 is 46.8 Å². The van der Waals surface area contributed by atoms with Gasteiger partial charge < -0.3 is 36.6 Å². The largest absolute Gasteiger partial charge is 0.396 e. The van der Waals surface area contributed by atoms with Crippen LogP contribution >= 0.6 is 0 Å². The SMILES string of the molecule is C=C(/C=C1\C=C[C@@]2(CC[C@@]3([C@H](CCCO)/C(=C(\C)C(=O)Cc4cccc5c4[C@H](NC[C@H](C)O)C(=O)N[C@@H]5N)CC[C@@]3(C)O)[C@@H]2O)C(CO)=C1)CCC=C(C)C. The number of allylic oxidation sites excluding steroid dienone is 9. The lowest BCUT2D eigenvalue weighted by molar-refractivity contribution is -0.173. The Hall–Kier alpha value is -3.48. The van der Waals surface area contributed by atoms with Crippen molar-refractivity contribution in [3.63, 3.8) is 0 Å². The van der Waals surface area contributed by atoms with Gasteiger partial charge in [-0.2, -0.15) is 0 Å². The number of amides is 1. The van der Waals surface area contributed by atoms with Crippen LogP contribution in [-0.2, 0) is 16.0 Å². The molecule has 10 nitrogen and oxygen atoms in total. The van der Waals surface area contributed by atoms with Crippen LogP contribution in [0.25, 0.3) is 0 Å². The summed E-state index contributed by atoms with van der Waals surface area (Å²) in [6, 6.07) is 4.69. The molecule has 1 aromatic carbocycles. The molecule has 1 aromatic rings. The highest BCUT2D eigenvalue weighted by molar-refractivity contribution is 5.98. The minimum Gasteiger partial charge on any atom is -0.396 e. The van der Waals surface area contributed by atoms with Gasteiger partial charge >= 0.3 is 0 Å². The molecule has 2 spiro atoms. The van der Waals surface area contributed by atoms with Gasteiger partial charge in [0, 0.05) is 30.4 Å². The number of carbonyl (C=O) groups excluding carboxylic acids is 2. The molecule has 0 unspecified atom stereocenters. The molecule has 0 saturated heterocycles. The number of aliphatic hydroxyl groups is 5. The van der Waals surface area contributed by atoms with Crippen molar-refractivity contribution in [2.45, 2.75) is 122 Å². The van der Waals surface area contributed by atoms with Gasteiger partial charge in [0.25, 0.3) is 0 Å². The maximum Gasteiger partial charge on any atom is 0.243 e. The molecule has 0 bridgehead atoms. The van der Waals surface area contributed by atoms with Crippen LogP contribution in [0.5, 0.6) is 0 Å². The standard InChI is InChI=1S/C45H63N3O7/c1-27(2)10-7-11-28(3)22-31-15-18-44(33(23-31)26-50)19-20-45(42(44)54)36(14-9-21-49)34(16-17-43(45,6)55)30(5)37(52)24-32-12-8-13-35-38(32)39(47-25-29(4)51)41(53)48-40(35)46/h8,10,12-13,15,18,22-23,29,36,39-40,42,47,49-51,54-55H,3,7,9,11,14,16-17,19-21,24-26,46H2,1-2,4-6H3,(H,48,53)/b31-22+,34-30+/t29-,36+,39-,40-,42+,43+,44+,45+/m0/s1. The number of hydrogen-bond donors (Lipinski definition) is 8. The lowest BCUT2D eigenvalue weighted by Crippen LogP contribution is -2.61. The van der Waals surface area contributed by atoms with Gasteiger partial charge in [-0.1, -0.05) is 71.9 Å². The quantitative estimate of drug-likeness (QED) is 0.0957. The minimum absolute atomic E-state index is 0.00282. The summed E-state index contributed by atoms with van der Waals surface area (Å²) in [6.45, 7) is 13.4. The molecule has 1 amide bonds. The Bertz CT molecular complexity index is 1800. The third-order valence-electron chi connectivity index (χ3n) is 12.9. The molecule has 9 N–H and O–H groups in total. The highest BCUT2D eigenvalue weighted by Crippen LogP contribution is 2.67. The Labute approximate surface area is 326 Å². The molecule has 2 fully saturated rings. The van der Waals surface area contributed by atoms with Crippen molar-refractivity contribution >= 4 is 11.7 Å². The number of rotatable bonds is 14. The van der Waals surface area contributed by atoms with E-state index in [9.17, 15) is 35.1 Å². The van der Waals surface area contributed by atoms with Crippen LogP contribution in [-0.4, -0.2) is 74.8 Å². The number of Topliss-reactive ketones (excluding diaryl/α,β-unsaturated/α-hetero) is 1. The molecule has 3 aliphatic carbocycles. The highest BCUT2D eigenvalue weighted by Gasteiger charge is 2.68. The van der Waals surface area contributed by atoms with Gasteiger partial charge in [-0.3, -0.25) is 14.9 Å². The van der Waals surface area contributed by atoms with E-state index in [4.69, 9.17) is 5.73 Å². The molecule has 4 aliphatic rings. The first-order chi connectivity index (χ1) is 26.0. The summed E-state index contributed by atoms with van der Waals surface area (Å²) in [5.74, 6) is -0.898. The lowest BCUT2D eigenvalue weighted by Gasteiger charge is -2.56. The van der Waals surface area contributed by atoms with E-state index in [0.29, 0.717) is 66.4 Å². The van der Waals surface area contributed by atoms with Crippen LogP contribution in [0.4, 0.5) is 0 Å². The van der Waals surface area contributed by atoms with Crippen molar-refractivity contribution in [1.82, 2.24) is 10.6 Å². The summed E-state index contributed by atoms with van der Waals surface area (Å²) in [6.07, 6.45) is 11.9. The average Bonchev–Trinajstić information content (AvgIpc) is 3.42. The molecule has 10 heteroatoms. The van der Waals surface area contributed by atoms with Crippen molar-refractivity contribution in [1.29, 1.82) is 0 Å². The highest BCUT2D eigenvalue weighted by atomic mass is 16.3. The summed E-state index contributed by atoms with van der Waals surface area (Å²) in [4.78, 5) is 27.6. The monoisotopic (exact) mass is 757 g/mol. The smallest absolute Gasteiger partial charge is 0.243 e. The predicted octanol–water partition coefficient (Wildman–Crippen LogP) is 4.99. The molecule has 300 valence electrons.